The molecule has 2 aliphatic heterocycles. The van der Waals surface area contributed by atoms with Gasteiger partial charge >= 0.3 is 0 Å². The average molecular weight is 357 g/mol. The predicted molar refractivity (Wildman–Crippen MR) is 101 cm³/mol. The monoisotopic (exact) mass is 357 g/mol. The van der Waals surface area contributed by atoms with E-state index >= 15 is 0 Å². The Labute approximate surface area is 156 Å². The number of carbonyl (C=O) groups is 1. The first-order valence-corrected chi connectivity index (χ1v) is 10.3. The number of hydrogen-bond donors (Lipinski definition) is 0. The first-order valence-electron chi connectivity index (χ1n) is 10.3. The maximum atomic E-state index is 13.3. The van der Waals surface area contributed by atoms with Gasteiger partial charge in [0.1, 0.15) is 0 Å². The average Bonchev–Trinajstić information content (AvgIpc) is 3.40. The molecule has 1 saturated carbocycles. The van der Waals surface area contributed by atoms with Crippen molar-refractivity contribution in [1.82, 2.24) is 4.90 Å². The summed E-state index contributed by atoms with van der Waals surface area (Å²) >= 11 is 0. The van der Waals surface area contributed by atoms with Crippen LogP contribution in [0.15, 0.2) is 30.3 Å². The van der Waals surface area contributed by atoms with Gasteiger partial charge in [0.25, 0.3) is 0 Å². The van der Waals surface area contributed by atoms with Crippen molar-refractivity contribution in [3.8, 4) is 0 Å². The van der Waals surface area contributed by atoms with Crippen LogP contribution in [0, 0.1) is 11.8 Å². The van der Waals surface area contributed by atoms with Gasteiger partial charge in [-0.25, -0.2) is 0 Å². The summed E-state index contributed by atoms with van der Waals surface area (Å²) in [6.45, 7) is 3.84. The van der Waals surface area contributed by atoms with Gasteiger partial charge in [0.15, 0.2) is 0 Å². The van der Waals surface area contributed by atoms with Gasteiger partial charge in [0, 0.05) is 31.7 Å². The highest BCUT2D eigenvalue weighted by Crippen LogP contribution is 2.36. The molecule has 0 spiro atoms. The molecule has 4 atom stereocenters. The van der Waals surface area contributed by atoms with Crippen LogP contribution in [0.25, 0.3) is 0 Å². The van der Waals surface area contributed by atoms with E-state index in [2.05, 4.69) is 35.2 Å². The van der Waals surface area contributed by atoms with Crippen LogP contribution in [0.3, 0.4) is 0 Å². The molecule has 1 aromatic carbocycles. The second kappa shape index (κ2) is 8.53. The summed E-state index contributed by atoms with van der Waals surface area (Å²) in [7, 11) is 0. The summed E-state index contributed by atoms with van der Waals surface area (Å²) in [5.41, 5.74) is 1.43. The van der Waals surface area contributed by atoms with Crippen LogP contribution in [-0.4, -0.2) is 49.8 Å². The SMILES string of the molecule is O=C(C1CCOC1)N(CC1CCOC1)C1CCCC(c2ccccc2)C1. The van der Waals surface area contributed by atoms with E-state index < -0.39 is 0 Å². The highest BCUT2D eigenvalue weighted by molar-refractivity contribution is 5.79. The summed E-state index contributed by atoms with van der Waals surface area (Å²) in [5.74, 6) is 1.46. The van der Waals surface area contributed by atoms with Gasteiger partial charge in [0.2, 0.25) is 5.91 Å². The number of ether oxygens (including phenoxy) is 2. The van der Waals surface area contributed by atoms with Crippen molar-refractivity contribution in [2.24, 2.45) is 11.8 Å². The molecule has 4 nitrogen and oxygen atoms in total. The molecule has 0 radical (unpaired) electrons. The smallest absolute Gasteiger partial charge is 0.228 e. The molecule has 4 unspecified atom stereocenters. The van der Waals surface area contributed by atoms with Crippen LogP contribution < -0.4 is 0 Å². The zero-order valence-electron chi connectivity index (χ0n) is 15.6. The van der Waals surface area contributed by atoms with Gasteiger partial charge in [-0.1, -0.05) is 36.8 Å². The third-order valence-electron chi connectivity index (χ3n) is 6.40. The highest BCUT2D eigenvalue weighted by atomic mass is 16.5. The number of benzene rings is 1. The first-order chi connectivity index (χ1) is 12.8. The maximum Gasteiger partial charge on any atom is 0.228 e. The molecule has 1 amide bonds. The van der Waals surface area contributed by atoms with Crippen molar-refractivity contribution >= 4 is 5.91 Å². The minimum absolute atomic E-state index is 0.0643. The van der Waals surface area contributed by atoms with E-state index in [9.17, 15) is 4.79 Å². The summed E-state index contributed by atoms with van der Waals surface area (Å²) in [6, 6.07) is 11.2. The molecular formula is C22H31NO3. The van der Waals surface area contributed by atoms with Crippen LogP contribution in [0.2, 0.25) is 0 Å². The molecule has 2 heterocycles. The Bertz CT molecular complexity index is 578. The van der Waals surface area contributed by atoms with Gasteiger partial charge in [-0.3, -0.25) is 4.79 Å². The molecule has 4 rings (SSSR count). The number of nitrogens with zero attached hydrogens (tertiary/aromatic N) is 1. The van der Waals surface area contributed by atoms with Crippen molar-refractivity contribution < 1.29 is 14.3 Å². The van der Waals surface area contributed by atoms with E-state index in [1.165, 1.54) is 18.4 Å². The van der Waals surface area contributed by atoms with E-state index in [-0.39, 0.29) is 5.92 Å². The second-order valence-corrected chi connectivity index (χ2v) is 8.21. The molecule has 4 heteroatoms. The quantitative estimate of drug-likeness (QED) is 0.808. The minimum Gasteiger partial charge on any atom is -0.381 e. The third kappa shape index (κ3) is 4.12. The predicted octanol–water partition coefficient (Wildman–Crippen LogP) is 3.61. The normalized spacial score (nSPS) is 31.8. The van der Waals surface area contributed by atoms with Crippen molar-refractivity contribution in [2.45, 2.75) is 50.5 Å². The molecular weight excluding hydrogens is 326 g/mol. The Hall–Kier alpha value is -1.39. The first kappa shape index (κ1) is 18.0. The van der Waals surface area contributed by atoms with Gasteiger partial charge in [0.05, 0.1) is 19.1 Å². The lowest BCUT2D eigenvalue weighted by atomic mass is 9.80. The van der Waals surface area contributed by atoms with E-state index in [0.29, 0.717) is 30.4 Å². The van der Waals surface area contributed by atoms with Crippen molar-refractivity contribution in [3.63, 3.8) is 0 Å². The van der Waals surface area contributed by atoms with Gasteiger partial charge in [-0.05, 0) is 43.6 Å². The summed E-state index contributed by atoms with van der Waals surface area (Å²) in [4.78, 5) is 15.5. The Kier molecular flexibility index (Phi) is 5.91. The number of rotatable bonds is 5. The second-order valence-electron chi connectivity index (χ2n) is 8.21. The lowest BCUT2D eigenvalue weighted by molar-refractivity contribution is -0.139. The lowest BCUT2D eigenvalue weighted by Gasteiger charge is -2.40. The Balaban J connectivity index is 1.48. The molecule has 0 bridgehead atoms. The van der Waals surface area contributed by atoms with Crippen LogP contribution >= 0.6 is 0 Å². The van der Waals surface area contributed by atoms with E-state index in [0.717, 1.165) is 52.0 Å². The molecule has 1 aromatic rings. The van der Waals surface area contributed by atoms with E-state index in [4.69, 9.17) is 9.47 Å². The standard InChI is InChI=1S/C22H31NO3/c24-22(20-10-12-26-16-20)23(14-17-9-11-25-15-17)21-8-4-7-19(13-21)18-5-2-1-3-6-18/h1-3,5-6,17,19-21H,4,7-16H2. The Morgan fingerprint density at radius 2 is 1.81 bits per heavy atom. The van der Waals surface area contributed by atoms with E-state index in [1.807, 2.05) is 0 Å². The van der Waals surface area contributed by atoms with Gasteiger partial charge in [-0.2, -0.15) is 0 Å². The third-order valence-corrected chi connectivity index (χ3v) is 6.40. The highest BCUT2D eigenvalue weighted by Gasteiger charge is 2.36. The van der Waals surface area contributed by atoms with Crippen molar-refractivity contribution in [1.29, 1.82) is 0 Å². The fraction of sp³-hybridized carbons (Fsp3) is 0.682. The largest absolute Gasteiger partial charge is 0.381 e. The fourth-order valence-electron chi connectivity index (χ4n) is 4.86. The molecule has 0 aromatic heterocycles. The van der Waals surface area contributed by atoms with Crippen molar-refractivity contribution in [2.75, 3.05) is 33.0 Å². The molecule has 2 saturated heterocycles. The molecule has 142 valence electrons. The fourth-order valence-corrected chi connectivity index (χ4v) is 4.86. The topological polar surface area (TPSA) is 38.8 Å². The Morgan fingerprint density at radius 3 is 2.54 bits per heavy atom. The summed E-state index contributed by atoms with van der Waals surface area (Å²) in [5, 5.41) is 0. The Morgan fingerprint density at radius 1 is 1.00 bits per heavy atom. The van der Waals surface area contributed by atoms with Crippen LogP contribution in [0.4, 0.5) is 0 Å². The zero-order chi connectivity index (χ0) is 17.8. The molecule has 1 aliphatic carbocycles. The number of amides is 1. The summed E-state index contributed by atoms with van der Waals surface area (Å²) in [6.07, 6.45) is 6.64. The summed E-state index contributed by atoms with van der Waals surface area (Å²) < 4.78 is 11.1. The van der Waals surface area contributed by atoms with Gasteiger partial charge in [-0.15, -0.1) is 0 Å². The minimum atomic E-state index is 0.0643. The molecule has 3 fully saturated rings. The zero-order valence-corrected chi connectivity index (χ0v) is 15.6. The van der Waals surface area contributed by atoms with Crippen molar-refractivity contribution in [3.05, 3.63) is 35.9 Å². The maximum absolute atomic E-state index is 13.3. The molecule has 3 aliphatic rings. The van der Waals surface area contributed by atoms with Gasteiger partial charge < -0.3 is 14.4 Å². The lowest BCUT2D eigenvalue weighted by Crippen LogP contribution is -2.48. The van der Waals surface area contributed by atoms with E-state index in [1.54, 1.807) is 0 Å². The molecule has 26 heavy (non-hydrogen) atoms. The number of carbonyl (C=O) groups excluding carboxylic acids is 1. The van der Waals surface area contributed by atoms with Crippen LogP contribution in [0.1, 0.15) is 50.0 Å². The van der Waals surface area contributed by atoms with Crippen LogP contribution in [0.5, 0.6) is 0 Å². The van der Waals surface area contributed by atoms with Crippen LogP contribution in [-0.2, 0) is 14.3 Å². The molecule has 0 N–H and O–H groups in total. The number of hydrogen-bond acceptors (Lipinski definition) is 3.